The van der Waals surface area contributed by atoms with E-state index in [9.17, 15) is 4.79 Å². The van der Waals surface area contributed by atoms with E-state index in [0.717, 1.165) is 17.2 Å². The number of aromatic nitrogens is 4. The van der Waals surface area contributed by atoms with Gasteiger partial charge in [0.25, 0.3) is 0 Å². The van der Waals surface area contributed by atoms with Gasteiger partial charge in [0.05, 0.1) is 0 Å². The second-order valence-electron chi connectivity index (χ2n) is 4.59. The molecule has 0 atom stereocenters. The quantitative estimate of drug-likeness (QED) is 0.748. The van der Waals surface area contributed by atoms with Crippen LogP contribution < -0.4 is 0 Å². The number of hydrogen-bond acceptors (Lipinski definition) is 4. The summed E-state index contributed by atoms with van der Waals surface area (Å²) in [6.07, 6.45) is 3.13. The average molecular weight is 315 g/mol. The standard InChI is InChI=1S/C15H11ClN4O2/c16-12-6-7-13-17-18-14(20(13)19-12)9-11-4-2-1-3-10(11)5-8-15(21)22/h1-8H,9H2,(H,21,22)/b8-5+. The van der Waals surface area contributed by atoms with E-state index in [1.165, 1.54) is 0 Å². The van der Waals surface area contributed by atoms with Crippen LogP contribution in [0.4, 0.5) is 0 Å². The molecule has 0 aliphatic heterocycles. The van der Waals surface area contributed by atoms with Crippen molar-refractivity contribution in [3.05, 3.63) is 64.6 Å². The van der Waals surface area contributed by atoms with E-state index in [-0.39, 0.29) is 0 Å². The van der Waals surface area contributed by atoms with Crippen molar-refractivity contribution in [2.75, 3.05) is 0 Å². The summed E-state index contributed by atoms with van der Waals surface area (Å²) in [5.41, 5.74) is 2.35. The van der Waals surface area contributed by atoms with Crippen LogP contribution in [-0.4, -0.2) is 30.9 Å². The van der Waals surface area contributed by atoms with Crippen molar-refractivity contribution in [3.63, 3.8) is 0 Å². The lowest BCUT2D eigenvalue weighted by Gasteiger charge is -2.04. The lowest BCUT2D eigenvalue weighted by Crippen LogP contribution is -2.01. The molecule has 1 N–H and O–H groups in total. The molecule has 110 valence electrons. The highest BCUT2D eigenvalue weighted by atomic mass is 35.5. The van der Waals surface area contributed by atoms with E-state index in [0.29, 0.717) is 23.0 Å². The average Bonchev–Trinajstić information content (AvgIpc) is 2.89. The van der Waals surface area contributed by atoms with Gasteiger partial charge in [-0.1, -0.05) is 35.9 Å². The Labute approximate surface area is 130 Å². The Kier molecular flexibility index (Phi) is 3.84. The van der Waals surface area contributed by atoms with Gasteiger partial charge in [-0.15, -0.1) is 10.2 Å². The maximum Gasteiger partial charge on any atom is 0.328 e. The molecule has 0 fully saturated rings. The van der Waals surface area contributed by atoms with Gasteiger partial charge in [0.15, 0.2) is 11.5 Å². The first-order valence-electron chi connectivity index (χ1n) is 6.49. The first-order valence-corrected chi connectivity index (χ1v) is 6.87. The number of hydrogen-bond donors (Lipinski definition) is 1. The van der Waals surface area contributed by atoms with Crippen LogP contribution in [0.3, 0.4) is 0 Å². The van der Waals surface area contributed by atoms with E-state index < -0.39 is 5.97 Å². The molecule has 2 heterocycles. The van der Waals surface area contributed by atoms with Crippen molar-refractivity contribution in [1.82, 2.24) is 19.8 Å². The topological polar surface area (TPSA) is 80.4 Å². The van der Waals surface area contributed by atoms with Gasteiger partial charge in [-0.25, -0.2) is 4.79 Å². The van der Waals surface area contributed by atoms with Gasteiger partial charge < -0.3 is 5.11 Å². The summed E-state index contributed by atoms with van der Waals surface area (Å²) in [6.45, 7) is 0. The van der Waals surface area contributed by atoms with Gasteiger partial charge in [0.1, 0.15) is 5.15 Å². The molecule has 1 aromatic carbocycles. The molecule has 22 heavy (non-hydrogen) atoms. The van der Waals surface area contributed by atoms with E-state index in [4.69, 9.17) is 16.7 Å². The number of nitrogens with zero attached hydrogens (tertiary/aromatic N) is 4. The summed E-state index contributed by atoms with van der Waals surface area (Å²) in [6, 6.07) is 10.9. The normalized spacial score (nSPS) is 11.3. The Morgan fingerprint density at radius 2 is 2.05 bits per heavy atom. The summed E-state index contributed by atoms with van der Waals surface area (Å²) in [4.78, 5) is 10.7. The van der Waals surface area contributed by atoms with Crippen molar-refractivity contribution in [2.45, 2.75) is 6.42 Å². The summed E-state index contributed by atoms with van der Waals surface area (Å²) < 4.78 is 1.58. The second kappa shape index (κ2) is 5.95. The third-order valence-corrected chi connectivity index (χ3v) is 3.31. The molecule has 0 aliphatic carbocycles. The molecule has 7 heteroatoms. The molecule has 0 amide bonds. The van der Waals surface area contributed by atoms with Gasteiger partial charge in [0.2, 0.25) is 0 Å². The van der Waals surface area contributed by atoms with Gasteiger partial charge in [-0.3, -0.25) is 0 Å². The molecule has 0 saturated heterocycles. The zero-order chi connectivity index (χ0) is 15.5. The molecule has 0 aliphatic rings. The highest BCUT2D eigenvalue weighted by Gasteiger charge is 2.10. The van der Waals surface area contributed by atoms with Crippen LogP contribution in [-0.2, 0) is 11.2 Å². The zero-order valence-corrected chi connectivity index (χ0v) is 12.1. The summed E-state index contributed by atoms with van der Waals surface area (Å²) in [7, 11) is 0. The van der Waals surface area contributed by atoms with Crippen molar-refractivity contribution in [1.29, 1.82) is 0 Å². The van der Waals surface area contributed by atoms with Crippen LogP contribution in [0.5, 0.6) is 0 Å². The predicted octanol–water partition coefficient (Wildman–Crippen LogP) is 2.47. The molecule has 0 unspecified atom stereocenters. The SMILES string of the molecule is O=C(O)/C=C/c1ccccc1Cc1nnc2ccc(Cl)nn12. The molecule has 3 aromatic rings. The lowest BCUT2D eigenvalue weighted by molar-refractivity contribution is -0.131. The van der Waals surface area contributed by atoms with Crippen molar-refractivity contribution < 1.29 is 9.90 Å². The number of carboxylic acid groups (broad SMARTS) is 1. The Bertz CT molecular complexity index is 873. The largest absolute Gasteiger partial charge is 0.478 e. The lowest BCUT2D eigenvalue weighted by atomic mass is 10.0. The Morgan fingerprint density at radius 1 is 1.23 bits per heavy atom. The van der Waals surface area contributed by atoms with E-state index in [2.05, 4.69) is 15.3 Å². The van der Waals surface area contributed by atoms with Crippen LogP contribution in [0.1, 0.15) is 17.0 Å². The van der Waals surface area contributed by atoms with E-state index in [1.807, 2.05) is 24.3 Å². The Morgan fingerprint density at radius 3 is 2.86 bits per heavy atom. The van der Waals surface area contributed by atoms with Gasteiger partial charge in [-0.2, -0.15) is 9.61 Å². The summed E-state index contributed by atoms with van der Waals surface area (Å²) >= 11 is 5.90. The van der Waals surface area contributed by atoms with Gasteiger partial charge in [0, 0.05) is 12.5 Å². The minimum atomic E-state index is -0.990. The zero-order valence-electron chi connectivity index (χ0n) is 11.3. The Hall–Kier alpha value is -2.73. The third-order valence-electron chi connectivity index (χ3n) is 3.10. The highest BCUT2D eigenvalue weighted by molar-refractivity contribution is 6.29. The molecule has 0 spiro atoms. The molecule has 0 radical (unpaired) electrons. The molecule has 2 aromatic heterocycles. The molecule has 0 saturated carbocycles. The van der Waals surface area contributed by atoms with Crippen LogP contribution in [0.25, 0.3) is 11.7 Å². The summed E-state index contributed by atoms with van der Waals surface area (Å²) in [5, 5.41) is 21.5. The maximum absolute atomic E-state index is 10.7. The van der Waals surface area contributed by atoms with Gasteiger partial charge >= 0.3 is 5.97 Å². The van der Waals surface area contributed by atoms with Crippen LogP contribution >= 0.6 is 11.6 Å². The third kappa shape index (κ3) is 2.96. The van der Waals surface area contributed by atoms with Crippen molar-refractivity contribution >= 4 is 29.3 Å². The first kappa shape index (κ1) is 14.2. The fraction of sp³-hybridized carbons (Fsp3) is 0.0667. The van der Waals surface area contributed by atoms with Crippen molar-refractivity contribution in [2.24, 2.45) is 0 Å². The van der Waals surface area contributed by atoms with Crippen LogP contribution in [0.15, 0.2) is 42.5 Å². The number of benzene rings is 1. The number of carbonyl (C=O) groups is 1. The molecular formula is C15H11ClN4O2. The number of carboxylic acids is 1. The fourth-order valence-corrected chi connectivity index (χ4v) is 2.25. The smallest absolute Gasteiger partial charge is 0.328 e. The monoisotopic (exact) mass is 314 g/mol. The van der Waals surface area contributed by atoms with E-state index >= 15 is 0 Å². The highest BCUT2D eigenvalue weighted by Crippen LogP contribution is 2.16. The molecule has 0 bridgehead atoms. The van der Waals surface area contributed by atoms with Gasteiger partial charge in [-0.05, 0) is 29.3 Å². The maximum atomic E-state index is 10.7. The Balaban J connectivity index is 1.98. The summed E-state index contributed by atoms with van der Waals surface area (Å²) in [5.74, 6) is -0.357. The minimum Gasteiger partial charge on any atom is -0.478 e. The molecule has 6 nitrogen and oxygen atoms in total. The van der Waals surface area contributed by atoms with Crippen molar-refractivity contribution in [3.8, 4) is 0 Å². The number of rotatable bonds is 4. The fourth-order valence-electron chi connectivity index (χ4n) is 2.11. The first-order chi connectivity index (χ1) is 10.6. The van der Waals surface area contributed by atoms with Crippen LogP contribution in [0, 0.1) is 0 Å². The van der Waals surface area contributed by atoms with E-state index in [1.54, 1.807) is 22.7 Å². The van der Waals surface area contributed by atoms with Crippen LogP contribution in [0.2, 0.25) is 5.15 Å². The number of halogens is 1. The number of fused-ring (bicyclic) bond motifs is 1. The molecule has 3 rings (SSSR count). The number of aliphatic carboxylic acids is 1. The predicted molar refractivity (Wildman–Crippen MR) is 81.7 cm³/mol. The second-order valence-corrected chi connectivity index (χ2v) is 4.98. The minimum absolute atomic E-state index is 0.354. The molecular weight excluding hydrogens is 304 g/mol.